The molecule has 0 atom stereocenters. The lowest BCUT2D eigenvalue weighted by Crippen LogP contribution is -2.08. The second-order valence-electron chi connectivity index (χ2n) is 12.6. The number of benzene rings is 2. The van der Waals surface area contributed by atoms with Crippen LogP contribution in [0, 0.1) is 0 Å². The molecule has 0 spiro atoms. The third kappa shape index (κ3) is 8.33. The van der Waals surface area contributed by atoms with Crippen molar-refractivity contribution in [3.63, 3.8) is 0 Å². The topological polar surface area (TPSA) is 25.3 Å². The van der Waals surface area contributed by atoms with Crippen LogP contribution >= 0.6 is 0 Å². The Bertz CT molecular complexity index is 1190. The van der Waals surface area contributed by atoms with Crippen LogP contribution in [0.2, 0.25) is 0 Å². The molecule has 0 bridgehead atoms. The van der Waals surface area contributed by atoms with Gasteiger partial charge in [0, 0.05) is 22.8 Å². The maximum atomic E-state index is 12.1. The van der Waals surface area contributed by atoms with Crippen LogP contribution in [0.4, 0.5) is 0 Å². The Balaban J connectivity index is 2.17. The van der Waals surface area contributed by atoms with Crippen molar-refractivity contribution in [3.8, 4) is 0 Å². The fourth-order valence-corrected chi connectivity index (χ4v) is 6.99. The zero-order valence-corrected chi connectivity index (χ0v) is 28.3. The fraction of sp³-hybridized carbons (Fsp3) is 0.600. The first kappa shape index (κ1) is 34.0. The second kappa shape index (κ2) is 17.6. The van der Waals surface area contributed by atoms with Gasteiger partial charge in [0.05, 0.1) is 0 Å². The minimum Gasteiger partial charge on any atom is -0.493 e. The molecule has 0 aromatic heterocycles. The minimum atomic E-state index is 0.958. The molecular formula is C40H60N2. The van der Waals surface area contributed by atoms with Crippen LogP contribution < -0.4 is 0 Å². The van der Waals surface area contributed by atoms with Crippen LogP contribution in [0.15, 0.2) is 35.9 Å². The molecule has 2 heteroatoms. The number of unbranched alkanes of at least 4 members (excludes halogenated alkanes) is 3. The summed E-state index contributed by atoms with van der Waals surface area (Å²) in [5.41, 5.74) is 26.8. The van der Waals surface area contributed by atoms with Gasteiger partial charge in [0.15, 0.2) is 0 Å². The van der Waals surface area contributed by atoms with Crippen molar-refractivity contribution >= 4 is 11.4 Å². The molecule has 0 saturated carbocycles. The molecule has 0 aliphatic carbocycles. The van der Waals surface area contributed by atoms with Gasteiger partial charge in [-0.05, 0) is 109 Å². The third-order valence-corrected chi connectivity index (χ3v) is 8.87. The third-order valence-electron chi connectivity index (χ3n) is 8.87. The summed E-state index contributed by atoms with van der Waals surface area (Å²) in [5, 5.41) is 0. The summed E-state index contributed by atoms with van der Waals surface area (Å²) in [7, 11) is 0. The highest BCUT2D eigenvalue weighted by Gasteiger charge is 2.30. The van der Waals surface area contributed by atoms with E-state index >= 15 is 0 Å². The van der Waals surface area contributed by atoms with Crippen LogP contribution in [0.5, 0.6) is 0 Å². The summed E-state index contributed by atoms with van der Waals surface area (Å²) in [5.74, 6) is 0. The Morgan fingerprint density at radius 2 is 0.905 bits per heavy atom. The maximum absolute atomic E-state index is 12.1. The first-order chi connectivity index (χ1) is 20.5. The highest BCUT2D eigenvalue weighted by Crippen LogP contribution is 2.40. The Morgan fingerprint density at radius 3 is 1.31 bits per heavy atom. The van der Waals surface area contributed by atoms with Crippen molar-refractivity contribution in [2.75, 3.05) is 0 Å². The van der Waals surface area contributed by atoms with Gasteiger partial charge in [0.25, 0.3) is 0 Å². The molecule has 42 heavy (non-hydrogen) atoms. The van der Waals surface area contributed by atoms with Gasteiger partial charge in [-0.2, -0.15) is 0 Å². The summed E-state index contributed by atoms with van der Waals surface area (Å²) in [6, 6.07) is 9.64. The summed E-state index contributed by atoms with van der Waals surface area (Å²) < 4.78 is 1.57. The number of nitrogens with zero attached hydrogens (tertiary/aromatic N) is 2. The van der Waals surface area contributed by atoms with Crippen molar-refractivity contribution in [1.29, 1.82) is 0 Å². The molecule has 1 aliphatic rings. The van der Waals surface area contributed by atoms with E-state index in [2.05, 4.69) is 78.8 Å². The first-order valence-corrected chi connectivity index (χ1v) is 17.7. The van der Waals surface area contributed by atoms with Crippen LogP contribution in [-0.2, 0) is 38.5 Å². The molecule has 2 nitrogen and oxygen atoms in total. The standard InChI is InChI=1S/C40H60N2/c1-8-15-16-17-24-34-29-39(35-25-30(18-9-2)37(22-13-6)31(26-35)19-10-3)42(41)40(34)36-27-32(20-11-4)38(23-14-7)33(28-36)21-12-5/h25-29H,8-24H2,1-7H3. The van der Waals surface area contributed by atoms with E-state index in [1.54, 1.807) is 15.8 Å². The number of hydrogen-bond acceptors (Lipinski definition) is 0. The van der Waals surface area contributed by atoms with Gasteiger partial charge in [-0.1, -0.05) is 106 Å². The van der Waals surface area contributed by atoms with E-state index in [0.29, 0.717) is 0 Å². The molecule has 0 saturated heterocycles. The van der Waals surface area contributed by atoms with Crippen LogP contribution in [0.3, 0.4) is 0 Å². The quantitative estimate of drug-likeness (QED) is 0.119. The van der Waals surface area contributed by atoms with E-state index < -0.39 is 0 Å². The molecule has 1 aliphatic heterocycles. The molecule has 230 valence electrons. The predicted octanol–water partition coefficient (Wildman–Crippen LogP) is 12.2. The molecule has 3 rings (SSSR count). The Hall–Kier alpha value is -2.48. The normalized spacial score (nSPS) is 13.4. The van der Waals surface area contributed by atoms with Crippen molar-refractivity contribution < 1.29 is 4.70 Å². The van der Waals surface area contributed by atoms with E-state index in [1.807, 2.05) is 0 Å². The summed E-state index contributed by atoms with van der Waals surface area (Å²) in [4.78, 5) is 0. The highest BCUT2D eigenvalue weighted by molar-refractivity contribution is 5.79. The number of rotatable bonds is 19. The largest absolute Gasteiger partial charge is 0.493 e. The average molecular weight is 569 g/mol. The van der Waals surface area contributed by atoms with Gasteiger partial charge in [-0.25, -0.2) is 4.70 Å². The Morgan fingerprint density at radius 1 is 0.476 bits per heavy atom. The SMILES string of the molecule is CCCCCCC1=C(c2cc(CCC)c(CCC)c(CCC)c2)[N+](=[N-])C(c2cc(CCC)c(CCC)c(CCC)c2)=C1. The molecule has 0 fully saturated rings. The van der Waals surface area contributed by atoms with Gasteiger partial charge in [0.2, 0.25) is 11.4 Å². The summed E-state index contributed by atoms with van der Waals surface area (Å²) >= 11 is 0. The van der Waals surface area contributed by atoms with Gasteiger partial charge >= 0.3 is 0 Å². The van der Waals surface area contributed by atoms with E-state index in [9.17, 15) is 5.53 Å². The van der Waals surface area contributed by atoms with Gasteiger partial charge in [-0.15, -0.1) is 0 Å². The molecule has 2 aromatic carbocycles. The lowest BCUT2D eigenvalue weighted by molar-refractivity contribution is -0.344. The van der Waals surface area contributed by atoms with E-state index in [4.69, 9.17) is 0 Å². The average Bonchev–Trinajstić information content (AvgIpc) is 3.30. The van der Waals surface area contributed by atoms with E-state index in [-0.39, 0.29) is 0 Å². The van der Waals surface area contributed by atoms with Crippen molar-refractivity contribution in [3.05, 3.63) is 86.0 Å². The van der Waals surface area contributed by atoms with Crippen LogP contribution in [-0.4, -0.2) is 4.70 Å². The van der Waals surface area contributed by atoms with E-state index in [0.717, 1.165) is 82.0 Å². The molecular weight excluding hydrogens is 508 g/mol. The monoisotopic (exact) mass is 568 g/mol. The summed E-state index contributed by atoms with van der Waals surface area (Å²) in [6.07, 6.45) is 21.9. The molecule has 2 aromatic rings. The number of aryl methyl sites for hydroxylation is 4. The zero-order valence-electron chi connectivity index (χ0n) is 28.3. The Labute approximate surface area is 259 Å². The van der Waals surface area contributed by atoms with Gasteiger partial charge < -0.3 is 5.53 Å². The predicted molar refractivity (Wildman–Crippen MR) is 184 cm³/mol. The van der Waals surface area contributed by atoms with E-state index in [1.165, 1.54) is 77.5 Å². The van der Waals surface area contributed by atoms with Crippen molar-refractivity contribution in [1.82, 2.24) is 0 Å². The summed E-state index contributed by atoms with van der Waals surface area (Å²) in [6.45, 7) is 16.0. The molecule has 1 heterocycles. The molecule has 0 N–H and O–H groups in total. The highest BCUT2D eigenvalue weighted by atomic mass is 15.2. The van der Waals surface area contributed by atoms with Gasteiger partial charge in [-0.3, -0.25) is 0 Å². The first-order valence-electron chi connectivity index (χ1n) is 17.7. The second-order valence-corrected chi connectivity index (χ2v) is 12.6. The van der Waals surface area contributed by atoms with Gasteiger partial charge in [0.1, 0.15) is 0 Å². The van der Waals surface area contributed by atoms with Crippen LogP contribution in [0.25, 0.3) is 16.9 Å². The number of allylic oxidation sites excluding steroid dienone is 2. The fourth-order valence-electron chi connectivity index (χ4n) is 6.99. The molecule has 0 amide bonds. The zero-order chi connectivity index (χ0) is 30.5. The van der Waals surface area contributed by atoms with Crippen molar-refractivity contribution in [2.24, 2.45) is 0 Å². The molecule has 0 radical (unpaired) electrons. The Kier molecular flexibility index (Phi) is 14.2. The lowest BCUT2D eigenvalue weighted by atomic mass is 9.88. The number of hydrogen-bond donors (Lipinski definition) is 0. The smallest absolute Gasteiger partial charge is 0.210 e. The van der Waals surface area contributed by atoms with Crippen LogP contribution in [0.1, 0.15) is 164 Å². The lowest BCUT2D eigenvalue weighted by Gasteiger charge is -2.19. The van der Waals surface area contributed by atoms with Crippen molar-refractivity contribution in [2.45, 2.75) is 158 Å². The minimum absolute atomic E-state index is 0.958. The maximum Gasteiger partial charge on any atom is 0.210 e. The molecule has 0 unspecified atom stereocenters.